The Kier molecular flexibility index (Phi) is 1.38. The van der Waals surface area contributed by atoms with Crippen LogP contribution in [-0.4, -0.2) is 26.3 Å². The highest BCUT2D eigenvalue weighted by atomic mass is 16.1. The fourth-order valence-corrected chi connectivity index (χ4v) is 0.995. The Bertz CT molecular complexity index is 475. The average molecular weight is 178 g/mol. The molecule has 0 aliphatic carbocycles. The molecule has 2 aromatic rings. The Labute approximate surface area is 72.1 Å². The van der Waals surface area contributed by atoms with Crippen molar-refractivity contribution in [2.24, 2.45) is 5.73 Å². The number of amides is 1. The third-order valence-electron chi connectivity index (χ3n) is 1.60. The maximum Gasteiger partial charge on any atom is 0.252 e. The lowest BCUT2D eigenvalue weighted by molar-refractivity contribution is 0.100. The van der Waals surface area contributed by atoms with Crippen LogP contribution in [0.3, 0.4) is 0 Å². The second-order valence-corrected chi connectivity index (χ2v) is 2.45. The number of primary amides is 1. The number of carbonyl (C=O) groups is 1. The Morgan fingerprint density at radius 3 is 2.92 bits per heavy atom. The maximum atomic E-state index is 10.8. The molecular formula is C6H6N6O. The van der Waals surface area contributed by atoms with Gasteiger partial charge in [0.2, 0.25) is 5.65 Å². The van der Waals surface area contributed by atoms with E-state index < -0.39 is 5.91 Å². The molecule has 0 aliphatic heterocycles. The number of rotatable bonds is 1. The van der Waals surface area contributed by atoms with Crippen LogP contribution in [0.1, 0.15) is 10.4 Å². The number of pyridine rings is 1. The monoisotopic (exact) mass is 178 g/mol. The zero-order valence-electron chi connectivity index (χ0n) is 6.48. The predicted octanol–water partition coefficient (Wildman–Crippen LogP) is -0.966. The van der Waals surface area contributed by atoms with E-state index in [9.17, 15) is 4.79 Å². The molecule has 5 N–H and O–H groups in total. The SMILES string of the molecule is NC(=O)c1cc2n[nH]nc2nc1N. The number of fused-ring (bicyclic) bond motifs is 1. The third kappa shape index (κ3) is 1.06. The number of anilines is 1. The van der Waals surface area contributed by atoms with Crippen molar-refractivity contribution in [2.45, 2.75) is 0 Å². The first-order valence-electron chi connectivity index (χ1n) is 3.45. The van der Waals surface area contributed by atoms with Crippen LogP contribution in [-0.2, 0) is 0 Å². The van der Waals surface area contributed by atoms with Gasteiger partial charge in [0.15, 0.2) is 0 Å². The Balaban J connectivity index is 2.76. The molecule has 1 amide bonds. The van der Waals surface area contributed by atoms with E-state index in [0.717, 1.165) is 0 Å². The van der Waals surface area contributed by atoms with Crippen molar-refractivity contribution < 1.29 is 4.79 Å². The lowest BCUT2D eigenvalue weighted by Gasteiger charge is -1.97. The summed E-state index contributed by atoms with van der Waals surface area (Å²) < 4.78 is 0. The Morgan fingerprint density at radius 1 is 1.46 bits per heavy atom. The molecule has 0 unspecified atom stereocenters. The van der Waals surface area contributed by atoms with Gasteiger partial charge in [0.1, 0.15) is 11.3 Å². The minimum Gasteiger partial charge on any atom is -0.383 e. The summed E-state index contributed by atoms with van der Waals surface area (Å²) in [6, 6.07) is 1.45. The first kappa shape index (κ1) is 7.47. The number of aromatic nitrogens is 4. The van der Waals surface area contributed by atoms with Crippen molar-refractivity contribution in [3.05, 3.63) is 11.6 Å². The molecule has 7 nitrogen and oxygen atoms in total. The summed E-state index contributed by atoms with van der Waals surface area (Å²) in [5.41, 5.74) is 11.5. The highest BCUT2D eigenvalue weighted by Crippen LogP contribution is 2.13. The second-order valence-electron chi connectivity index (χ2n) is 2.45. The number of nitrogens with two attached hydrogens (primary N) is 2. The van der Waals surface area contributed by atoms with Gasteiger partial charge >= 0.3 is 0 Å². The first-order valence-corrected chi connectivity index (χ1v) is 3.45. The summed E-state index contributed by atoms with van der Waals surface area (Å²) in [4.78, 5) is 14.7. The maximum absolute atomic E-state index is 10.8. The van der Waals surface area contributed by atoms with Crippen LogP contribution in [0, 0.1) is 0 Å². The van der Waals surface area contributed by atoms with Crippen LogP contribution >= 0.6 is 0 Å². The Morgan fingerprint density at radius 2 is 2.23 bits per heavy atom. The number of nitrogens with one attached hydrogen (secondary N) is 1. The van der Waals surface area contributed by atoms with Gasteiger partial charge in [-0.2, -0.15) is 10.3 Å². The van der Waals surface area contributed by atoms with Crippen molar-refractivity contribution in [1.82, 2.24) is 20.4 Å². The Hall–Kier alpha value is -2.18. The average Bonchev–Trinajstić information content (AvgIpc) is 2.48. The van der Waals surface area contributed by atoms with Gasteiger partial charge in [0.05, 0.1) is 5.56 Å². The van der Waals surface area contributed by atoms with Gasteiger partial charge in [-0.1, -0.05) is 0 Å². The highest BCUT2D eigenvalue weighted by Gasteiger charge is 2.10. The van der Waals surface area contributed by atoms with Gasteiger partial charge < -0.3 is 11.5 Å². The van der Waals surface area contributed by atoms with Crippen LogP contribution < -0.4 is 11.5 Å². The van der Waals surface area contributed by atoms with E-state index >= 15 is 0 Å². The van der Waals surface area contributed by atoms with E-state index in [1.54, 1.807) is 0 Å². The number of hydrogen-bond acceptors (Lipinski definition) is 5. The molecule has 0 spiro atoms. The summed E-state index contributed by atoms with van der Waals surface area (Å²) in [6.45, 7) is 0. The van der Waals surface area contributed by atoms with Crippen molar-refractivity contribution in [3.8, 4) is 0 Å². The largest absolute Gasteiger partial charge is 0.383 e. The fraction of sp³-hybridized carbons (Fsp3) is 0. The molecule has 2 rings (SSSR count). The van der Waals surface area contributed by atoms with E-state index in [1.165, 1.54) is 6.07 Å². The van der Waals surface area contributed by atoms with Crippen molar-refractivity contribution in [2.75, 3.05) is 5.73 Å². The first-order chi connectivity index (χ1) is 6.18. The molecule has 2 aromatic heterocycles. The van der Waals surface area contributed by atoms with E-state index in [1.807, 2.05) is 0 Å². The van der Waals surface area contributed by atoms with Crippen LogP contribution in [0.2, 0.25) is 0 Å². The number of H-pyrrole nitrogens is 1. The fourth-order valence-electron chi connectivity index (χ4n) is 0.995. The van der Waals surface area contributed by atoms with Crippen LogP contribution in [0.25, 0.3) is 11.2 Å². The van der Waals surface area contributed by atoms with E-state index in [-0.39, 0.29) is 11.4 Å². The second kappa shape index (κ2) is 2.41. The number of carbonyl (C=O) groups excluding carboxylic acids is 1. The topological polar surface area (TPSA) is 124 Å². The van der Waals surface area contributed by atoms with Gasteiger partial charge in [-0.05, 0) is 6.07 Å². The number of nitrogen functional groups attached to an aromatic ring is 1. The molecule has 0 fully saturated rings. The lowest BCUT2D eigenvalue weighted by Crippen LogP contribution is -2.14. The van der Waals surface area contributed by atoms with Crippen molar-refractivity contribution in [3.63, 3.8) is 0 Å². The quantitative estimate of drug-likeness (QED) is 0.518. The number of hydrogen-bond donors (Lipinski definition) is 3. The molecule has 0 bridgehead atoms. The zero-order valence-corrected chi connectivity index (χ0v) is 6.48. The van der Waals surface area contributed by atoms with Gasteiger partial charge in [-0.3, -0.25) is 4.79 Å². The molecular weight excluding hydrogens is 172 g/mol. The lowest BCUT2D eigenvalue weighted by atomic mass is 10.2. The summed E-state index contributed by atoms with van der Waals surface area (Å²) in [5, 5.41) is 9.80. The van der Waals surface area contributed by atoms with Crippen molar-refractivity contribution >= 4 is 22.9 Å². The molecule has 66 valence electrons. The van der Waals surface area contributed by atoms with E-state index in [0.29, 0.717) is 11.2 Å². The molecule has 0 aliphatic rings. The zero-order chi connectivity index (χ0) is 9.42. The third-order valence-corrected chi connectivity index (χ3v) is 1.60. The molecule has 0 aromatic carbocycles. The van der Waals surface area contributed by atoms with Crippen LogP contribution in [0.4, 0.5) is 5.82 Å². The number of aromatic amines is 1. The predicted molar refractivity (Wildman–Crippen MR) is 44.6 cm³/mol. The summed E-state index contributed by atoms with van der Waals surface area (Å²) in [7, 11) is 0. The minimum absolute atomic E-state index is 0.0638. The molecule has 2 heterocycles. The van der Waals surface area contributed by atoms with Crippen molar-refractivity contribution in [1.29, 1.82) is 0 Å². The van der Waals surface area contributed by atoms with Gasteiger partial charge in [0.25, 0.3) is 5.91 Å². The van der Waals surface area contributed by atoms with Gasteiger partial charge in [-0.15, -0.1) is 5.10 Å². The molecule has 0 saturated heterocycles. The highest BCUT2D eigenvalue weighted by molar-refractivity contribution is 5.99. The summed E-state index contributed by atoms with van der Waals surface area (Å²) in [6.07, 6.45) is 0. The van der Waals surface area contributed by atoms with Crippen LogP contribution in [0.5, 0.6) is 0 Å². The molecule has 0 atom stereocenters. The summed E-state index contributed by atoms with van der Waals surface area (Å²) >= 11 is 0. The molecule has 0 radical (unpaired) electrons. The molecule has 7 heteroatoms. The number of nitrogens with zero attached hydrogens (tertiary/aromatic N) is 3. The summed E-state index contributed by atoms with van der Waals surface area (Å²) in [5.74, 6) is -0.566. The smallest absolute Gasteiger partial charge is 0.252 e. The molecule has 0 saturated carbocycles. The molecule has 13 heavy (non-hydrogen) atoms. The standard InChI is InChI=1S/C6H6N6O/c7-4-2(5(8)13)1-3-6(9-4)11-12-10-3/h1H,(H2,8,13)(H3,7,9,10,11,12). The van der Waals surface area contributed by atoms with Gasteiger partial charge in [-0.25, -0.2) is 4.98 Å². The van der Waals surface area contributed by atoms with Crippen LogP contribution in [0.15, 0.2) is 6.07 Å². The van der Waals surface area contributed by atoms with E-state index in [2.05, 4.69) is 20.4 Å². The van der Waals surface area contributed by atoms with E-state index in [4.69, 9.17) is 11.5 Å². The normalized spacial score (nSPS) is 10.5. The minimum atomic E-state index is -0.630. The van der Waals surface area contributed by atoms with Gasteiger partial charge in [0, 0.05) is 0 Å².